The molecule has 1 aliphatic heterocycles. The topological polar surface area (TPSA) is 76.7 Å². The van der Waals surface area contributed by atoms with Gasteiger partial charge in [0, 0.05) is 11.1 Å². The first-order valence-corrected chi connectivity index (χ1v) is 6.70. The summed E-state index contributed by atoms with van der Waals surface area (Å²) in [4.78, 5) is 24.0. The Hall–Kier alpha value is -3.02. The van der Waals surface area contributed by atoms with Crippen molar-refractivity contribution in [1.29, 1.82) is 0 Å². The fraction of sp³-hybridized carbons (Fsp3) is 0.125. The van der Waals surface area contributed by atoms with E-state index < -0.39 is 5.91 Å². The molecule has 1 aliphatic rings. The smallest absolute Gasteiger partial charge is 0.269 e. The summed E-state index contributed by atoms with van der Waals surface area (Å²) in [6.07, 6.45) is 0. The highest BCUT2D eigenvalue weighted by molar-refractivity contribution is 5.99. The minimum absolute atomic E-state index is 0.143. The van der Waals surface area contributed by atoms with Gasteiger partial charge in [0.2, 0.25) is 6.79 Å². The number of carbonyl (C=O) groups is 2. The van der Waals surface area contributed by atoms with E-state index in [0.717, 1.165) is 5.56 Å². The van der Waals surface area contributed by atoms with Crippen LogP contribution in [0.5, 0.6) is 11.5 Å². The van der Waals surface area contributed by atoms with Gasteiger partial charge in [-0.2, -0.15) is 0 Å². The summed E-state index contributed by atoms with van der Waals surface area (Å²) in [5, 5.41) is 0. The van der Waals surface area contributed by atoms with Crippen molar-refractivity contribution in [3.63, 3.8) is 0 Å². The quantitative estimate of drug-likeness (QED) is 0.829. The number of nitrogens with one attached hydrogen (secondary N) is 2. The van der Waals surface area contributed by atoms with Crippen molar-refractivity contribution in [3.8, 4) is 11.5 Å². The van der Waals surface area contributed by atoms with Gasteiger partial charge in [0.25, 0.3) is 11.8 Å². The molecule has 0 saturated heterocycles. The van der Waals surface area contributed by atoms with Crippen LogP contribution >= 0.6 is 0 Å². The molecule has 22 heavy (non-hydrogen) atoms. The molecular weight excluding hydrogens is 284 g/mol. The summed E-state index contributed by atoms with van der Waals surface area (Å²) in [5.74, 6) is 0.301. The molecule has 0 fully saturated rings. The maximum Gasteiger partial charge on any atom is 0.269 e. The van der Waals surface area contributed by atoms with Crippen LogP contribution in [0.15, 0.2) is 42.5 Å². The Morgan fingerprint density at radius 2 is 1.59 bits per heavy atom. The maximum absolute atomic E-state index is 12.0. The third-order valence-corrected chi connectivity index (χ3v) is 3.20. The summed E-state index contributed by atoms with van der Waals surface area (Å²) < 4.78 is 10.4. The van der Waals surface area contributed by atoms with Crippen LogP contribution in [-0.2, 0) is 0 Å². The lowest BCUT2D eigenvalue weighted by atomic mass is 10.1. The number of benzene rings is 2. The monoisotopic (exact) mass is 298 g/mol. The summed E-state index contributed by atoms with van der Waals surface area (Å²) in [5.41, 5.74) is 6.57. The largest absolute Gasteiger partial charge is 0.454 e. The number of hydrazine groups is 1. The summed E-state index contributed by atoms with van der Waals surface area (Å²) in [6.45, 7) is 2.03. The van der Waals surface area contributed by atoms with Gasteiger partial charge in [-0.1, -0.05) is 17.7 Å². The van der Waals surface area contributed by atoms with Gasteiger partial charge in [-0.3, -0.25) is 20.4 Å². The zero-order valence-electron chi connectivity index (χ0n) is 11.9. The fourth-order valence-electron chi connectivity index (χ4n) is 2.08. The van der Waals surface area contributed by atoms with E-state index in [1.165, 1.54) is 0 Å². The van der Waals surface area contributed by atoms with Gasteiger partial charge < -0.3 is 9.47 Å². The zero-order valence-corrected chi connectivity index (χ0v) is 11.9. The van der Waals surface area contributed by atoms with E-state index in [1.807, 2.05) is 13.0 Å². The molecule has 3 rings (SSSR count). The number of amides is 2. The van der Waals surface area contributed by atoms with Crippen molar-refractivity contribution in [2.75, 3.05) is 6.79 Å². The number of aryl methyl sites for hydroxylation is 1. The Labute approximate surface area is 127 Å². The highest BCUT2D eigenvalue weighted by Crippen LogP contribution is 2.32. The first kappa shape index (κ1) is 13.9. The molecule has 6 heteroatoms. The van der Waals surface area contributed by atoms with Gasteiger partial charge >= 0.3 is 0 Å². The highest BCUT2D eigenvalue weighted by Gasteiger charge is 2.16. The van der Waals surface area contributed by atoms with E-state index in [9.17, 15) is 9.59 Å². The Morgan fingerprint density at radius 3 is 2.32 bits per heavy atom. The van der Waals surface area contributed by atoms with Crippen LogP contribution in [0.25, 0.3) is 0 Å². The minimum atomic E-state index is -0.431. The predicted octanol–water partition coefficient (Wildman–Crippen LogP) is 1.80. The lowest BCUT2D eigenvalue weighted by Gasteiger charge is -2.08. The van der Waals surface area contributed by atoms with Crippen LogP contribution < -0.4 is 20.3 Å². The van der Waals surface area contributed by atoms with Crippen LogP contribution in [-0.4, -0.2) is 18.6 Å². The zero-order chi connectivity index (χ0) is 15.5. The van der Waals surface area contributed by atoms with E-state index >= 15 is 0 Å². The molecule has 0 aromatic heterocycles. The maximum atomic E-state index is 12.0. The molecule has 0 atom stereocenters. The highest BCUT2D eigenvalue weighted by atomic mass is 16.7. The lowest BCUT2D eigenvalue weighted by molar-refractivity contribution is 0.0846. The molecule has 0 radical (unpaired) electrons. The first-order valence-electron chi connectivity index (χ1n) is 6.70. The van der Waals surface area contributed by atoms with Crippen LogP contribution in [0.3, 0.4) is 0 Å². The molecule has 2 N–H and O–H groups in total. The van der Waals surface area contributed by atoms with Crippen LogP contribution in [0.1, 0.15) is 26.3 Å². The molecule has 6 nitrogen and oxygen atoms in total. The average Bonchev–Trinajstić information content (AvgIpc) is 2.99. The average molecular weight is 298 g/mol. The summed E-state index contributed by atoms with van der Waals surface area (Å²) in [7, 11) is 0. The molecular formula is C16H14N2O4. The van der Waals surface area contributed by atoms with Crippen molar-refractivity contribution in [2.24, 2.45) is 0 Å². The second-order valence-electron chi connectivity index (χ2n) is 4.85. The van der Waals surface area contributed by atoms with Crippen LogP contribution in [0, 0.1) is 6.92 Å². The van der Waals surface area contributed by atoms with Crippen molar-refractivity contribution in [3.05, 3.63) is 59.2 Å². The molecule has 2 amide bonds. The van der Waals surface area contributed by atoms with Gasteiger partial charge in [0.15, 0.2) is 11.5 Å². The van der Waals surface area contributed by atoms with E-state index in [-0.39, 0.29) is 12.7 Å². The van der Waals surface area contributed by atoms with Gasteiger partial charge in [-0.05, 0) is 37.3 Å². The third-order valence-electron chi connectivity index (χ3n) is 3.20. The molecule has 1 heterocycles. The predicted molar refractivity (Wildman–Crippen MR) is 78.7 cm³/mol. The van der Waals surface area contributed by atoms with Crippen molar-refractivity contribution >= 4 is 11.8 Å². The second-order valence-corrected chi connectivity index (χ2v) is 4.85. The second kappa shape index (κ2) is 5.77. The normalized spacial score (nSPS) is 11.9. The Bertz CT molecular complexity index is 743. The van der Waals surface area contributed by atoms with Crippen LogP contribution in [0.4, 0.5) is 0 Å². The molecule has 0 bridgehead atoms. The molecule has 0 unspecified atom stereocenters. The number of hydrogen-bond acceptors (Lipinski definition) is 4. The van der Waals surface area contributed by atoms with Gasteiger partial charge in [0.05, 0.1) is 0 Å². The van der Waals surface area contributed by atoms with Crippen molar-refractivity contribution in [1.82, 2.24) is 10.9 Å². The third kappa shape index (κ3) is 2.85. The molecule has 0 spiro atoms. The van der Waals surface area contributed by atoms with Crippen molar-refractivity contribution < 1.29 is 19.1 Å². The Kier molecular flexibility index (Phi) is 3.65. The Balaban J connectivity index is 1.64. The van der Waals surface area contributed by atoms with E-state index in [1.54, 1.807) is 36.4 Å². The van der Waals surface area contributed by atoms with Gasteiger partial charge in [-0.15, -0.1) is 0 Å². The minimum Gasteiger partial charge on any atom is -0.454 e. The van der Waals surface area contributed by atoms with E-state index in [0.29, 0.717) is 22.6 Å². The number of fused-ring (bicyclic) bond motifs is 1. The van der Waals surface area contributed by atoms with Gasteiger partial charge in [0.1, 0.15) is 0 Å². The number of hydrogen-bond donors (Lipinski definition) is 2. The number of ether oxygens (including phenoxy) is 2. The van der Waals surface area contributed by atoms with Crippen LogP contribution in [0.2, 0.25) is 0 Å². The standard InChI is InChI=1S/C16H14N2O4/c1-10-3-2-4-11(7-10)15(19)17-18-16(20)12-5-6-13-14(8-12)22-9-21-13/h2-8H,9H2,1H3,(H,17,19)(H,18,20). The number of rotatable bonds is 2. The summed E-state index contributed by atoms with van der Waals surface area (Å²) >= 11 is 0. The lowest BCUT2D eigenvalue weighted by Crippen LogP contribution is -2.41. The molecule has 2 aromatic rings. The summed E-state index contributed by atoms with van der Waals surface area (Å²) in [6, 6.07) is 11.9. The van der Waals surface area contributed by atoms with Gasteiger partial charge in [-0.25, -0.2) is 0 Å². The molecule has 0 aliphatic carbocycles. The molecule has 112 valence electrons. The van der Waals surface area contributed by atoms with E-state index in [2.05, 4.69) is 10.9 Å². The SMILES string of the molecule is Cc1cccc(C(=O)NNC(=O)c2ccc3c(c2)OCO3)c1. The molecule has 2 aromatic carbocycles. The Morgan fingerprint density at radius 1 is 0.909 bits per heavy atom. The van der Waals surface area contributed by atoms with E-state index in [4.69, 9.17) is 9.47 Å². The number of carbonyl (C=O) groups excluding carboxylic acids is 2. The van der Waals surface area contributed by atoms with Crippen molar-refractivity contribution in [2.45, 2.75) is 6.92 Å². The molecule has 0 saturated carbocycles. The first-order chi connectivity index (χ1) is 10.6. The fourth-order valence-corrected chi connectivity index (χ4v) is 2.08.